The van der Waals surface area contributed by atoms with Gasteiger partial charge >= 0.3 is 0 Å². The van der Waals surface area contributed by atoms with Crippen LogP contribution in [-0.4, -0.2) is 40.8 Å². The van der Waals surface area contributed by atoms with Gasteiger partial charge in [-0.15, -0.1) is 5.10 Å². The molecular weight excluding hydrogens is 384 g/mol. The van der Waals surface area contributed by atoms with Gasteiger partial charge in [0.25, 0.3) is 0 Å². The third-order valence-electron chi connectivity index (χ3n) is 4.92. The summed E-state index contributed by atoms with van der Waals surface area (Å²) in [7, 11) is -3.59. The van der Waals surface area contributed by atoms with Crippen molar-refractivity contribution in [3.8, 4) is 11.3 Å². The Morgan fingerprint density at radius 1 is 1.11 bits per heavy atom. The highest BCUT2D eigenvalue weighted by molar-refractivity contribution is 7.89. The number of aromatic nitrogens is 3. The maximum atomic E-state index is 13.0. The molecule has 8 heteroatoms. The minimum absolute atomic E-state index is 0.0378. The van der Waals surface area contributed by atoms with E-state index in [0.717, 1.165) is 11.3 Å². The lowest BCUT2D eigenvalue weighted by Crippen LogP contribution is -2.30. The Kier molecular flexibility index (Phi) is 4.75. The second-order valence-electron chi connectivity index (χ2n) is 6.62. The molecule has 1 aliphatic rings. The molecule has 1 saturated heterocycles. The largest absolute Gasteiger partial charge is 0.247 e. The van der Waals surface area contributed by atoms with Crippen LogP contribution in [-0.2, 0) is 10.0 Å². The molecule has 0 unspecified atom stereocenters. The number of hydrogen-bond acceptors (Lipinski definition) is 4. The number of sulfonamides is 1. The molecule has 0 radical (unpaired) electrons. The van der Waals surface area contributed by atoms with E-state index < -0.39 is 10.0 Å². The fraction of sp³-hybridized carbons (Fsp3) is 0.263. The van der Waals surface area contributed by atoms with Crippen LogP contribution in [0.25, 0.3) is 11.3 Å². The predicted molar refractivity (Wildman–Crippen MR) is 104 cm³/mol. The summed E-state index contributed by atoms with van der Waals surface area (Å²) in [5.41, 5.74) is 2.35. The second-order valence-corrected chi connectivity index (χ2v) is 8.93. The summed E-state index contributed by atoms with van der Waals surface area (Å²) in [6.07, 6.45) is 2.57. The maximum Gasteiger partial charge on any atom is 0.243 e. The smallest absolute Gasteiger partial charge is 0.243 e. The van der Waals surface area contributed by atoms with Crippen LogP contribution in [0.2, 0.25) is 5.02 Å². The van der Waals surface area contributed by atoms with Crippen LogP contribution in [0.15, 0.2) is 59.6 Å². The number of hydrogen-bond donors (Lipinski definition) is 0. The van der Waals surface area contributed by atoms with Gasteiger partial charge in [0.05, 0.1) is 17.1 Å². The van der Waals surface area contributed by atoms with Gasteiger partial charge in [-0.25, -0.2) is 13.1 Å². The van der Waals surface area contributed by atoms with Crippen LogP contribution < -0.4 is 0 Å². The van der Waals surface area contributed by atoms with Gasteiger partial charge in [0.2, 0.25) is 10.0 Å². The van der Waals surface area contributed by atoms with Crippen molar-refractivity contribution in [3.05, 3.63) is 65.3 Å². The standard InChI is InChI=1S/C19H19ClN4O2S/c1-14-17(20)8-5-9-19(14)27(25,26)23-11-10-16(12-23)24-13-18(21-22-24)15-6-3-2-4-7-15/h2-9,13,16H,10-12H2,1H3/t16-/m1/s1. The zero-order chi connectivity index (χ0) is 19.0. The first-order valence-corrected chi connectivity index (χ1v) is 10.5. The van der Waals surface area contributed by atoms with Crippen LogP contribution >= 0.6 is 11.6 Å². The van der Waals surface area contributed by atoms with E-state index in [2.05, 4.69) is 10.3 Å². The van der Waals surface area contributed by atoms with Crippen molar-refractivity contribution in [1.82, 2.24) is 19.3 Å². The van der Waals surface area contributed by atoms with Gasteiger partial charge in [-0.2, -0.15) is 4.31 Å². The molecular formula is C19H19ClN4O2S. The molecule has 0 saturated carbocycles. The molecule has 3 aromatic rings. The molecule has 4 rings (SSSR count). The fourth-order valence-corrected chi connectivity index (χ4v) is 5.32. The molecule has 27 heavy (non-hydrogen) atoms. The molecule has 0 amide bonds. The van der Waals surface area contributed by atoms with Gasteiger partial charge in [-0.05, 0) is 31.0 Å². The number of rotatable bonds is 4. The molecule has 6 nitrogen and oxygen atoms in total. The minimum Gasteiger partial charge on any atom is -0.247 e. The highest BCUT2D eigenvalue weighted by Crippen LogP contribution is 2.31. The molecule has 0 aliphatic carbocycles. The third-order valence-corrected chi connectivity index (χ3v) is 7.33. The molecule has 1 aromatic heterocycles. The van der Waals surface area contributed by atoms with Gasteiger partial charge in [-0.3, -0.25) is 0 Å². The van der Waals surface area contributed by atoms with E-state index in [0.29, 0.717) is 30.1 Å². The summed E-state index contributed by atoms with van der Waals surface area (Å²) >= 11 is 6.11. The van der Waals surface area contributed by atoms with Crippen LogP contribution in [0.4, 0.5) is 0 Å². The Bertz CT molecular complexity index is 1070. The van der Waals surface area contributed by atoms with Crippen molar-refractivity contribution in [2.24, 2.45) is 0 Å². The summed E-state index contributed by atoms with van der Waals surface area (Å²) in [5.74, 6) is 0. The van der Waals surface area contributed by atoms with Crippen molar-refractivity contribution in [3.63, 3.8) is 0 Å². The minimum atomic E-state index is -3.59. The number of nitrogens with zero attached hydrogens (tertiary/aromatic N) is 4. The summed E-state index contributed by atoms with van der Waals surface area (Å²) in [6.45, 7) is 2.54. The first-order chi connectivity index (χ1) is 13.0. The van der Waals surface area contributed by atoms with E-state index in [1.807, 2.05) is 36.5 Å². The number of halogens is 1. The average molecular weight is 403 g/mol. The Hall–Kier alpha value is -2.22. The Morgan fingerprint density at radius 3 is 2.67 bits per heavy atom. The van der Waals surface area contributed by atoms with Crippen molar-refractivity contribution >= 4 is 21.6 Å². The Morgan fingerprint density at radius 2 is 1.89 bits per heavy atom. The lowest BCUT2D eigenvalue weighted by atomic mass is 10.2. The van der Waals surface area contributed by atoms with E-state index in [4.69, 9.17) is 11.6 Å². The SMILES string of the molecule is Cc1c(Cl)cccc1S(=O)(=O)N1CC[C@@H](n2cc(-c3ccccc3)nn2)C1. The summed E-state index contributed by atoms with van der Waals surface area (Å²) in [5, 5.41) is 8.90. The average Bonchev–Trinajstić information content (AvgIpc) is 3.34. The summed E-state index contributed by atoms with van der Waals surface area (Å²) in [6, 6.07) is 14.7. The van der Waals surface area contributed by atoms with Crippen LogP contribution in [0, 0.1) is 6.92 Å². The first kappa shape index (κ1) is 18.2. The van der Waals surface area contributed by atoms with Gasteiger partial charge in [0.1, 0.15) is 5.69 Å². The second kappa shape index (κ2) is 7.07. The zero-order valence-corrected chi connectivity index (χ0v) is 16.4. The molecule has 0 spiro atoms. The fourth-order valence-electron chi connectivity index (χ4n) is 3.35. The van der Waals surface area contributed by atoms with Crippen molar-refractivity contribution in [2.75, 3.05) is 13.1 Å². The van der Waals surface area contributed by atoms with Crippen molar-refractivity contribution < 1.29 is 8.42 Å². The van der Waals surface area contributed by atoms with Crippen molar-refractivity contribution in [2.45, 2.75) is 24.3 Å². The van der Waals surface area contributed by atoms with Crippen LogP contribution in [0.5, 0.6) is 0 Å². The molecule has 0 N–H and O–H groups in total. The predicted octanol–water partition coefficient (Wildman–Crippen LogP) is 3.54. The third kappa shape index (κ3) is 3.38. The maximum absolute atomic E-state index is 13.0. The van der Waals surface area contributed by atoms with E-state index in [-0.39, 0.29) is 10.9 Å². The molecule has 2 aromatic carbocycles. The normalized spacial score (nSPS) is 18.1. The Labute approximate surface area is 163 Å². The summed E-state index contributed by atoms with van der Waals surface area (Å²) in [4.78, 5) is 0.263. The zero-order valence-electron chi connectivity index (χ0n) is 14.8. The first-order valence-electron chi connectivity index (χ1n) is 8.69. The van der Waals surface area contributed by atoms with E-state index in [1.54, 1.807) is 29.8 Å². The highest BCUT2D eigenvalue weighted by atomic mass is 35.5. The molecule has 0 bridgehead atoms. The van der Waals surface area contributed by atoms with Crippen LogP contribution in [0.1, 0.15) is 18.0 Å². The van der Waals surface area contributed by atoms with E-state index in [9.17, 15) is 8.42 Å². The monoisotopic (exact) mass is 402 g/mol. The molecule has 1 atom stereocenters. The van der Waals surface area contributed by atoms with Gasteiger partial charge < -0.3 is 0 Å². The molecule has 2 heterocycles. The quantitative estimate of drug-likeness (QED) is 0.669. The van der Waals surface area contributed by atoms with E-state index >= 15 is 0 Å². The Balaban J connectivity index is 1.55. The highest BCUT2D eigenvalue weighted by Gasteiger charge is 2.35. The van der Waals surface area contributed by atoms with Crippen molar-refractivity contribution in [1.29, 1.82) is 0 Å². The lowest BCUT2D eigenvalue weighted by molar-refractivity contribution is 0.428. The molecule has 1 fully saturated rings. The molecule has 1 aliphatic heterocycles. The lowest BCUT2D eigenvalue weighted by Gasteiger charge is -2.18. The molecule has 140 valence electrons. The van der Waals surface area contributed by atoms with Gasteiger partial charge in [0, 0.05) is 23.7 Å². The van der Waals surface area contributed by atoms with Gasteiger partial charge in [0.15, 0.2) is 0 Å². The summed E-state index contributed by atoms with van der Waals surface area (Å²) < 4.78 is 29.3. The van der Waals surface area contributed by atoms with Crippen LogP contribution in [0.3, 0.4) is 0 Å². The van der Waals surface area contributed by atoms with E-state index in [1.165, 1.54) is 4.31 Å². The van der Waals surface area contributed by atoms with Gasteiger partial charge in [-0.1, -0.05) is 53.2 Å². The number of benzene rings is 2. The topological polar surface area (TPSA) is 68.1 Å².